The minimum Gasteiger partial charge on any atom is -0.483 e. The third-order valence-corrected chi connectivity index (χ3v) is 3.58. The molecule has 0 radical (unpaired) electrons. The van der Waals surface area contributed by atoms with Gasteiger partial charge in [0.05, 0.1) is 12.8 Å². The molecule has 0 saturated carbocycles. The van der Waals surface area contributed by atoms with E-state index in [0.717, 1.165) is 0 Å². The number of imidazole rings is 1. The molecule has 1 aromatic carbocycles. The Hall–Kier alpha value is -3.16. The number of hydrogen-bond acceptors (Lipinski definition) is 6. The first-order valence-electron chi connectivity index (χ1n) is 7.31. The molecule has 0 unspecified atom stereocenters. The summed E-state index contributed by atoms with van der Waals surface area (Å²) in [7, 11) is 1.28. The fourth-order valence-corrected chi connectivity index (χ4v) is 2.34. The van der Waals surface area contributed by atoms with Gasteiger partial charge in [0.1, 0.15) is 12.4 Å². The Kier molecular flexibility index (Phi) is 4.03. The number of nitrogens with one attached hydrogen (secondary N) is 1. The Balaban J connectivity index is 1.95. The number of ether oxygens (including phenoxy) is 2. The van der Waals surface area contributed by atoms with E-state index in [4.69, 9.17) is 4.74 Å². The average molecular weight is 329 g/mol. The van der Waals surface area contributed by atoms with Crippen molar-refractivity contribution in [1.82, 2.24) is 9.55 Å². The van der Waals surface area contributed by atoms with E-state index in [2.05, 4.69) is 15.0 Å². The number of carbonyl (C=O) groups excluding carboxylic acids is 3. The number of esters is 1. The molecule has 1 aliphatic rings. The minimum absolute atomic E-state index is 0.133. The third-order valence-electron chi connectivity index (χ3n) is 3.58. The lowest BCUT2D eigenvalue weighted by molar-refractivity contribution is -0.134. The van der Waals surface area contributed by atoms with E-state index < -0.39 is 17.7 Å². The van der Waals surface area contributed by atoms with Gasteiger partial charge in [0.25, 0.3) is 5.91 Å². The van der Waals surface area contributed by atoms with Gasteiger partial charge in [-0.2, -0.15) is 0 Å². The van der Waals surface area contributed by atoms with Crippen LogP contribution in [0, 0.1) is 0 Å². The number of benzene rings is 1. The summed E-state index contributed by atoms with van der Waals surface area (Å²) in [6.07, 6.45) is 1.68. The molecule has 24 heavy (non-hydrogen) atoms. The second-order valence-electron chi connectivity index (χ2n) is 5.11. The highest BCUT2D eigenvalue weighted by molar-refractivity contribution is 6.40. The second kappa shape index (κ2) is 6.15. The predicted octanol–water partition coefficient (Wildman–Crippen LogP) is 1.47. The summed E-state index contributed by atoms with van der Waals surface area (Å²) in [5, 5.41) is 2.54. The Morgan fingerprint density at radius 2 is 2.17 bits per heavy atom. The highest BCUT2D eigenvalue weighted by atomic mass is 16.5. The number of amides is 1. The maximum atomic E-state index is 11.7. The van der Waals surface area contributed by atoms with Gasteiger partial charge in [-0.25, -0.2) is 9.78 Å². The van der Waals surface area contributed by atoms with Crippen LogP contribution in [0.3, 0.4) is 0 Å². The molecule has 0 spiro atoms. The molecule has 124 valence electrons. The monoisotopic (exact) mass is 329 g/mol. The van der Waals surface area contributed by atoms with Gasteiger partial charge >= 0.3 is 5.97 Å². The van der Waals surface area contributed by atoms with Gasteiger partial charge in [0.15, 0.2) is 11.5 Å². The molecule has 2 heterocycles. The van der Waals surface area contributed by atoms with E-state index >= 15 is 0 Å². The summed E-state index contributed by atoms with van der Waals surface area (Å²) >= 11 is 0. The maximum Gasteiger partial charge on any atom is 0.358 e. The van der Waals surface area contributed by atoms with Crippen LogP contribution in [0.1, 0.15) is 29.7 Å². The highest BCUT2D eigenvalue weighted by Crippen LogP contribution is 2.32. The summed E-state index contributed by atoms with van der Waals surface area (Å²) in [4.78, 5) is 38.9. The molecule has 1 N–H and O–H groups in total. The molecule has 1 aliphatic heterocycles. The van der Waals surface area contributed by atoms with Gasteiger partial charge in [-0.1, -0.05) is 6.92 Å². The number of anilines is 1. The van der Waals surface area contributed by atoms with Crippen molar-refractivity contribution >= 4 is 23.3 Å². The van der Waals surface area contributed by atoms with Crippen LogP contribution in [0.5, 0.6) is 5.75 Å². The van der Waals surface area contributed by atoms with Gasteiger partial charge in [-0.15, -0.1) is 0 Å². The van der Waals surface area contributed by atoms with Crippen molar-refractivity contribution in [3.63, 3.8) is 0 Å². The van der Waals surface area contributed by atoms with E-state index in [0.29, 0.717) is 22.9 Å². The molecule has 0 saturated heterocycles. The lowest BCUT2D eigenvalue weighted by Crippen LogP contribution is -2.22. The lowest BCUT2D eigenvalue weighted by Gasteiger charge is -2.20. The molecule has 2 aromatic rings. The molecule has 8 nitrogen and oxygen atoms in total. The van der Waals surface area contributed by atoms with Crippen molar-refractivity contribution in [2.75, 3.05) is 12.4 Å². The Morgan fingerprint density at radius 3 is 2.88 bits per heavy atom. The Morgan fingerprint density at radius 1 is 1.38 bits per heavy atom. The number of aromatic nitrogens is 2. The zero-order chi connectivity index (χ0) is 17.3. The van der Waals surface area contributed by atoms with Crippen LogP contribution in [-0.2, 0) is 20.9 Å². The largest absolute Gasteiger partial charge is 0.483 e. The van der Waals surface area contributed by atoms with Gasteiger partial charge < -0.3 is 14.8 Å². The summed E-state index contributed by atoms with van der Waals surface area (Å²) in [6.45, 7) is 1.83. The molecular formula is C16H15N3O5. The van der Waals surface area contributed by atoms with Crippen molar-refractivity contribution < 1.29 is 23.9 Å². The van der Waals surface area contributed by atoms with Crippen molar-refractivity contribution in [1.29, 1.82) is 0 Å². The van der Waals surface area contributed by atoms with Crippen molar-refractivity contribution in [3.05, 3.63) is 35.9 Å². The molecule has 1 aromatic heterocycles. The second-order valence-corrected chi connectivity index (χ2v) is 5.11. The molecule has 0 atom stereocenters. The fraction of sp³-hybridized carbons (Fsp3) is 0.250. The van der Waals surface area contributed by atoms with Crippen molar-refractivity contribution in [2.24, 2.45) is 0 Å². The van der Waals surface area contributed by atoms with E-state index in [9.17, 15) is 14.4 Å². The average Bonchev–Trinajstić information content (AvgIpc) is 3.04. The van der Waals surface area contributed by atoms with E-state index in [1.807, 2.05) is 0 Å². The zero-order valence-corrected chi connectivity index (χ0v) is 13.2. The predicted molar refractivity (Wildman–Crippen MR) is 83.2 cm³/mol. The number of nitrogens with zero attached hydrogens (tertiary/aromatic N) is 2. The lowest BCUT2D eigenvalue weighted by atomic mass is 10.2. The van der Waals surface area contributed by atoms with E-state index in [1.54, 1.807) is 35.9 Å². The first-order chi connectivity index (χ1) is 11.5. The number of methoxy groups -OCH3 is 1. The summed E-state index contributed by atoms with van der Waals surface area (Å²) in [6, 6.07) is 4.98. The SMILES string of the molecule is CCC(=O)C(=O)Nc1ccc2c(c1)-n1cc(C(=O)OC)nc1CO2. The van der Waals surface area contributed by atoms with Gasteiger partial charge in [-0.05, 0) is 18.2 Å². The van der Waals surface area contributed by atoms with Crippen LogP contribution in [-0.4, -0.2) is 34.3 Å². The van der Waals surface area contributed by atoms with Crippen molar-refractivity contribution in [2.45, 2.75) is 20.0 Å². The third kappa shape index (κ3) is 2.73. The van der Waals surface area contributed by atoms with Gasteiger partial charge in [-0.3, -0.25) is 14.2 Å². The van der Waals surface area contributed by atoms with Crippen LogP contribution in [0.2, 0.25) is 0 Å². The van der Waals surface area contributed by atoms with Crippen LogP contribution in [0.4, 0.5) is 5.69 Å². The van der Waals surface area contributed by atoms with E-state index in [1.165, 1.54) is 7.11 Å². The number of rotatable bonds is 4. The summed E-state index contributed by atoms with van der Waals surface area (Å²) in [5.74, 6) is -0.598. The Labute approximate surface area is 137 Å². The summed E-state index contributed by atoms with van der Waals surface area (Å²) < 4.78 is 12.0. The van der Waals surface area contributed by atoms with Crippen molar-refractivity contribution in [3.8, 4) is 11.4 Å². The topological polar surface area (TPSA) is 99.5 Å². The maximum absolute atomic E-state index is 11.7. The zero-order valence-electron chi connectivity index (χ0n) is 13.2. The number of ketones is 1. The molecule has 8 heteroatoms. The van der Waals surface area contributed by atoms with Crippen LogP contribution < -0.4 is 10.1 Å². The Bertz CT molecular complexity index is 840. The smallest absolute Gasteiger partial charge is 0.358 e. The minimum atomic E-state index is -0.671. The first-order valence-corrected chi connectivity index (χ1v) is 7.31. The molecule has 1 amide bonds. The standard InChI is InChI=1S/C16H15N3O5/c1-3-12(20)15(21)17-9-4-5-13-11(6-9)19-7-10(16(22)23-2)18-14(19)8-24-13/h4-7H,3,8H2,1-2H3,(H,17,21). The van der Waals surface area contributed by atoms with Crippen LogP contribution in [0.15, 0.2) is 24.4 Å². The molecule has 0 fully saturated rings. The van der Waals surface area contributed by atoms with Gasteiger partial charge in [0.2, 0.25) is 5.78 Å². The van der Waals surface area contributed by atoms with Crippen LogP contribution >= 0.6 is 0 Å². The molecule has 3 rings (SSSR count). The van der Waals surface area contributed by atoms with Gasteiger partial charge in [0, 0.05) is 18.3 Å². The number of hydrogen-bond donors (Lipinski definition) is 1. The number of carbonyl (C=O) groups is 3. The highest BCUT2D eigenvalue weighted by Gasteiger charge is 2.23. The normalized spacial score (nSPS) is 11.8. The quantitative estimate of drug-likeness (QED) is 0.673. The summed E-state index contributed by atoms with van der Waals surface area (Å²) in [5.41, 5.74) is 1.23. The number of Topliss-reactive ketones (excluding diaryl/α,β-unsaturated/α-hetero) is 1. The molecular weight excluding hydrogens is 314 g/mol. The molecule has 0 aliphatic carbocycles. The first kappa shape index (κ1) is 15.7. The fourth-order valence-electron chi connectivity index (χ4n) is 2.34. The van der Waals surface area contributed by atoms with E-state index in [-0.39, 0.29) is 18.7 Å². The van der Waals surface area contributed by atoms with Crippen LogP contribution in [0.25, 0.3) is 5.69 Å². The number of fused-ring (bicyclic) bond motifs is 3. The molecule has 0 bridgehead atoms.